The van der Waals surface area contributed by atoms with Crippen LogP contribution in [0.3, 0.4) is 0 Å². The van der Waals surface area contributed by atoms with Gasteiger partial charge >= 0.3 is 5.97 Å². The first-order chi connectivity index (χ1) is 9.83. The fraction of sp³-hybridized carbons (Fsp3) is 0.500. The molecule has 0 aliphatic heterocycles. The van der Waals surface area contributed by atoms with Gasteiger partial charge in [0.1, 0.15) is 11.4 Å². The molecule has 6 nitrogen and oxygen atoms in total. The third-order valence-corrected chi connectivity index (χ3v) is 4.54. The van der Waals surface area contributed by atoms with Gasteiger partial charge in [0.25, 0.3) is 0 Å². The van der Waals surface area contributed by atoms with E-state index in [1.165, 1.54) is 13.2 Å². The summed E-state index contributed by atoms with van der Waals surface area (Å²) in [4.78, 5) is 13.4. The first kappa shape index (κ1) is 17.5. The molecule has 0 heterocycles. The zero-order chi connectivity index (χ0) is 16.0. The quantitative estimate of drug-likeness (QED) is 0.769. The number of carbonyl (C=O) groups is 1. The zero-order valence-electron chi connectivity index (χ0n) is 12.8. The molecule has 118 valence electrons. The van der Waals surface area contributed by atoms with Gasteiger partial charge in [-0.15, -0.1) is 0 Å². The summed E-state index contributed by atoms with van der Waals surface area (Å²) in [5, 5.41) is 0. The Morgan fingerprint density at radius 3 is 2.48 bits per heavy atom. The zero-order valence-corrected chi connectivity index (χ0v) is 13.6. The lowest BCUT2D eigenvalue weighted by atomic mass is 10.2. The summed E-state index contributed by atoms with van der Waals surface area (Å²) < 4.78 is 31.7. The predicted octanol–water partition coefficient (Wildman–Crippen LogP) is 1.37. The van der Waals surface area contributed by atoms with Crippen LogP contribution in [-0.2, 0) is 19.6 Å². The Labute approximate surface area is 126 Å². The molecule has 0 saturated carbocycles. The molecule has 7 heteroatoms. The van der Waals surface area contributed by atoms with Crippen molar-refractivity contribution in [3.8, 4) is 0 Å². The van der Waals surface area contributed by atoms with Crippen molar-refractivity contribution in [3.05, 3.63) is 24.3 Å². The number of methoxy groups -OCH3 is 1. The molecule has 0 aromatic heterocycles. The van der Waals surface area contributed by atoms with Gasteiger partial charge in [0.05, 0.1) is 12.8 Å². The van der Waals surface area contributed by atoms with E-state index in [2.05, 4.69) is 9.46 Å². The van der Waals surface area contributed by atoms with E-state index in [4.69, 9.17) is 0 Å². The van der Waals surface area contributed by atoms with E-state index in [-0.39, 0.29) is 17.5 Å². The fourth-order valence-electron chi connectivity index (χ4n) is 1.94. The standard InChI is InChI=1S/C14H22N2O4S/c1-5-15-21(18,19)13-9-7-6-8-12(13)16(11(2)3)10-14(17)20-4/h6-9,11,15H,5,10H2,1-4H3. The minimum atomic E-state index is -3.61. The molecule has 0 aliphatic carbocycles. The Morgan fingerprint density at radius 2 is 1.95 bits per heavy atom. The van der Waals surface area contributed by atoms with Crippen LogP contribution in [0.4, 0.5) is 5.69 Å². The van der Waals surface area contributed by atoms with E-state index >= 15 is 0 Å². The number of nitrogens with zero attached hydrogens (tertiary/aromatic N) is 1. The van der Waals surface area contributed by atoms with Crippen molar-refractivity contribution in [2.45, 2.75) is 31.7 Å². The first-order valence-corrected chi connectivity index (χ1v) is 8.24. The molecule has 0 bridgehead atoms. The molecule has 0 atom stereocenters. The minimum absolute atomic E-state index is 0.00712. The maximum absolute atomic E-state index is 12.3. The minimum Gasteiger partial charge on any atom is -0.468 e. The lowest BCUT2D eigenvalue weighted by Gasteiger charge is -2.29. The van der Waals surface area contributed by atoms with E-state index in [1.54, 1.807) is 30.0 Å². The highest BCUT2D eigenvalue weighted by Crippen LogP contribution is 2.26. The van der Waals surface area contributed by atoms with Gasteiger partial charge < -0.3 is 9.64 Å². The van der Waals surface area contributed by atoms with Gasteiger partial charge in [-0.2, -0.15) is 0 Å². The number of anilines is 1. The maximum atomic E-state index is 12.3. The summed E-state index contributed by atoms with van der Waals surface area (Å²) in [5.74, 6) is -0.417. The number of ether oxygens (including phenoxy) is 1. The van der Waals surface area contributed by atoms with Crippen LogP contribution < -0.4 is 9.62 Å². The third kappa shape index (κ3) is 4.44. The second-order valence-corrected chi connectivity index (χ2v) is 6.50. The molecule has 1 N–H and O–H groups in total. The lowest BCUT2D eigenvalue weighted by Crippen LogP contribution is -2.38. The van der Waals surface area contributed by atoms with E-state index < -0.39 is 16.0 Å². The van der Waals surface area contributed by atoms with Crippen LogP contribution >= 0.6 is 0 Å². The third-order valence-electron chi connectivity index (χ3n) is 2.95. The summed E-state index contributed by atoms with van der Waals surface area (Å²) in [6.45, 7) is 5.79. The number of hydrogen-bond acceptors (Lipinski definition) is 5. The lowest BCUT2D eigenvalue weighted by molar-refractivity contribution is -0.139. The van der Waals surface area contributed by atoms with Gasteiger partial charge in [-0.05, 0) is 26.0 Å². The summed E-state index contributed by atoms with van der Waals surface area (Å²) in [7, 11) is -2.30. The van der Waals surface area contributed by atoms with E-state index in [0.29, 0.717) is 12.2 Å². The molecule has 0 fully saturated rings. The average Bonchev–Trinajstić information content (AvgIpc) is 2.44. The molecular weight excluding hydrogens is 292 g/mol. The van der Waals surface area contributed by atoms with Gasteiger partial charge in [-0.1, -0.05) is 19.1 Å². The van der Waals surface area contributed by atoms with E-state index in [9.17, 15) is 13.2 Å². The van der Waals surface area contributed by atoms with Crippen LogP contribution in [0.15, 0.2) is 29.2 Å². The number of para-hydroxylation sites is 1. The van der Waals surface area contributed by atoms with Gasteiger partial charge in [-0.3, -0.25) is 4.79 Å². The summed E-state index contributed by atoms with van der Waals surface area (Å²) in [5.41, 5.74) is 0.485. The van der Waals surface area contributed by atoms with Gasteiger partial charge in [0, 0.05) is 12.6 Å². The second-order valence-electron chi connectivity index (χ2n) is 4.77. The largest absolute Gasteiger partial charge is 0.468 e. The Morgan fingerprint density at radius 1 is 1.33 bits per heavy atom. The van der Waals surface area contributed by atoms with Crippen LogP contribution in [-0.4, -0.2) is 40.6 Å². The molecule has 0 aliphatic rings. The maximum Gasteiger partial charge on any atom is 0.325 e. The Kier molecular flexibility index (Phi) is 6.17. The number of carbonyl (C=O) groups excluding carboxylic acids is 1. The summed E-state index contributed by atoms with van der Waals surface area (Å²) >= 11 is 0. The second kappa shape index (κ2) is 7.42. The van der Waals surface area contributed by atoms with Crippen molar-refractivity contribution < 1.29 is 17.9 Å². The highest BCUT2D eigenvalue weighted by atomic mass is 32.2. The topological polar surface area (TPSA) is 75.7 Å². The molecule has 0 spiro atoms. The fourth-order valence-corrected chi connectivity index (χ4v) is 3.19. The van der Waals surface area contributed by atoms with Crippen LogP contribution in [0.1, 0.15) is 20.8 Å². The van der Waals surface area contributed by atoms with Crippen molar-refractivity contribution in [3.63, 3.8) is 0 Å². The predicted molar refractivity (Wildman–Crippen MR) is 81.8 cm³/mol. The molecule has 0 saturated heterocycles. The molecule has 0 amide bonds. The van der Waals surface area contributed by atoms with Crippen molar-refractivity contribution in [2.75, 3.05) is 25.1 Å². The number of esters is 1. The van der Waals surface area contributed by atoms with Crippen LogP contribution in [0, 0.1) is 0 Å². The summed E-state index contributed by atoms with van der Waals surface area (Å²) in [6, 6.07) is 6.56. The van der Waals surface area contributed by atoms with Crippen LogP contribution in [0.5, 0.6) is 0 Å². The highest BCUT2D eigenvalue weighted by molar-refractivity contribution is 7.89. The number of hydrogen-bond donors (Lipinski definition) is 1. The Hall–Kier alpha value is -1.60. The highest BCUT2D eigenvalue weighted by Gasteiger charge is 2.24. The molecule has 1 aromatic rings. The normalized spacial score (nSPS) is 11.5. The monoisotopic (exact) mass is 314 g/mol. The van der Waals surface area contributed by atoms with Crippen molar-refractivity contribution in [2.24, 2.45) is 0 Å². The van der Waals surface area contributed by atoms with Crippen LogP contribution in [0.25, 0.3) is 0 Å². The van der Waals surface area contributed by atoms with Crippen molar-refractivity contribution in [1.29, 1.82) is 0 Å². The average molecular weight is 314 g/mol. The molecule has 0 radical (unpaired) electrons. The molecule has 1 rings (SSSR count). The van der Waals surface area contributed by atoms with Gasteiger partial charge in [0.2, 0.25) is 10.0 Å². The summed E-state index contributed by atoms with van der Waals surface area (Å²) in [6.07, 6.45) is 0. The SMILES string of the molecule is CCNS(=O)(=O)c1ccccc1N(CC(=O)OC)C(C)C. The van der Waals surface area contributed by atoms with E-state index in [0.717, 1.165) is 0 Å². The number of rotatable bonds is 7. The Bertz CT molecular complexity index is 584. The van der Waals surface area contributed by atoms with Gasteiger partial charge in [-0.25, -0.2) is 13.1 Å². The number of sulfonamides is 1. The number of nitrogens with one attached hydrogen (secondary N) is 1. The molecule has 0 unspecified atom stereocenters. The Balaban J connectivity index is 3.30. The molecule has 1 aromatic carbocycles. The number of benzene rings is 1. The van der Waals surface area contributed by atoms with Gasteiger partial charge in [0.15, 0.2) is 0 Å². The molecular formula is C14H22N2O4S. The first-order valence-electron chi connectivity index (χ1n) is 6.75. The van der Waals surface area contributed by atoms with E-state index in [1.807, 2.05) is 13.8 Å². The van der Waals surface area contributed by atoms with Crippen molar-refractivity contribution >= 4 is 21.7 Å². The van der Waals surface area contributed by atoms with Crippen molar-refractivity contribution in [1.82, 2.24) is 4.72 Å². The van der Waals surface area contributed by atoms with Crippen LogP contribution in [0.2, 0.25) is 0 Å². The molecule has 21 heavy (non-hydrogen) atoms. The smallest absolute Gasteiger partial charge is 0.325 e.